The number of hydrogen-bond donors (Lipinski definition) is 1. The lowest BCUT2D eigenvalue weighted by atomic mass is 10.00. The number of methoxy groups -OCH3 is 1. The van der Waals surface area contributed by atoms with Gasteiger partial charge in [-0.3, -0.25) is 4.79 Å². The van der Waals surface area contributed by atoms with Crippen molar-refractivity contribution in [2.45, 2.75) is 0 Å². The molecule has 0 aliphatic carbocycles. The molecule has 4 rings (SSSR count). The van der Waals surface area contributed by atoms with Crippen molar-refractivity contribution < 1.29 is 14.6 Å². The SMILES string of the molecule is COc1cc(/C=C2\C(=O)N(c3ccccc3)N=C2c2ccccc2)cc(Cl)c1O. The summed E-state index contributed by atoms with van der Waals surface area (Å²) in [6, 6.07) is 21.9. The second-order valence-corrected chi connectivity index (χ2v) is 6.79. The van der Waals surface area contributed by atoms with E-state index in [1.165, 1.54) is 12.1 Å². The van der Waals surface area contributed by atoms with Crippen LogP contribution >= 0.6 is 11.6 Å². The zero-order chi connectivity index (χ0) is 20.4. The Bertz CT molecular complexity index is 1130. The highest BCUT2D eigenvalue weighted by atomic mass is 35.5. The van der Waals surface area contributed by atoms with E-state index in [1.54, 1.807) is 18.2 Å². The highest BCUT2D eigenvalue weighted by molar-refractivity contribution is 6.37. The smallest absolute Gasteiger partial charge is 0.281 e. The van der Waals surface area contributed by atoms with E-state index in [9.17, 15) is 9.90 Å². The minimum Gasteiger partial charge on any atom is -0.503 e. The van der Waals surface area contributed by atoms with Gasteiger partial charge in [0.2, 0.25) is 0 Å². The second-order valence-electron chi connectivity index (χ2n) is 6.38. The quantitative estimate of drug-likeness (QED) is 0.630. The molecule has 0 atom stereocenters. The number of phenolic OH excluding ortho intramolecular Hbond substituents is 1. The molecule has 5 nitrogen and oxygen atoms in total. The van der Waals surface area contributed by atoms with Crippen LogP contribution in [0.25, 0.3) is 6.08 Å². The molecule has 1 aliphatic heterocycles. The summed E-state index contributed by atoms with van der Waals surface area (Å²) < 4.78 is 5.17. The molecule has 0 saturated heterocycles. The first-order valence-corrected chi connectivity index (χ1v) is 9.28. The summed E-state index contributed by atoms with van der Waals surface area (Å²) in [6.45, 7) is 0. The predicted octanol–water partition coefficient (Wildman–Crippen LogP) is 4.89. The monoisotopic (exact) mass is 404 g/mol. The number of nitrogens with zero attached hydrogens (tertiary/aromatic N) is 2. The standard InChI is InChI=1S/C23H17ClN2O3/c1-29-20-14-15(13-19(24)22(20)27)12-18-21(16-8-4-2-5-9-16)25-26(23(18)28)17-10-6-3-7-11-17/h2-14,27H,1H3/b18-12-. The van der Waals surface area contributed by atoms with Gasteiger partial charge < -0.3 is 9.84 Å². The van der Waals surface area contributed by atoms with E-state index >= 15 is 0 Å². The molecular weight excluding hydrogens is 388 g/mol. The minimum absolute atomic E-state index is 0.139. The molecular formula is C23H17ClN2O3. The van der Waals surface area contributed by atoms with Crippen LogP contribution in [0.4, 0.5) is 5.69 Å². The van der Waals surface area contributed by atoms with Crippen molar-refractivity contribution in [3.05, 3.63) is 94.5 Å². The van der Waals surface area contributed by atoms with Gasteiger partial charge in [-0.15, -0.1) is 0 Å². The Balaban J connectivity index is 1.85. The molecule has 0 unspecified atom stereocenters. The highest BCUT2D eigenvalue weighted by Gasteiger charge is 2.32. The van der Waals surface area contributed by atoms with Crippen molar-refractivity contribution in [1.29, 1.82) is 0 Å². The van der Waals surface area contributed by atoms with Crippen molar-refractivity contribution in [2.75, 3.05) is 12.1 Å². The first-order valence-electron chi connectivity index (χ1n) is 8.90. The molecule has 1 heterocycles. The van der Waals surface area contributed by atoms with Gasteiger partial charge in [-0.25, -0.2) is 0 Å². The van der Waals surface area contributed by atoms with E-state index in [0.717, 1.165) is 5.56 Å². The van der Waals surface area contributed by atoms with Gasteiger partial charge in [0, 0.05) is 5.56 Å². The van der Waals surface area contributed by atoms with Crippen LogP contribution < -0.4 is 9.75 Å². The maximum atomic E-state index is 13.2. The van der Waals surface area contributed by atoms with Gasteiger partial charge in [0.05, 0.1) is 23.4 Å². The Labute approximate surface area is 173 Å². The third-order valence-electron chi connectivity index (χ3n) is 4.51. The molecule has 0 fully saturated rings. The Morgan fingerprint density at radius 3 is 2.34 bits per heavy atom. The lowest BCUT2D eigenvalue weighted by Crippen LogP contribution is -2.21. The third-order valence-corrected chi connectivity index (χ3v) is 4.80. The van der Waals surface area contributed by atoms with E-state index in [4.69, 9.17) is 16.3 Å². The van der Waals surface area contributed by atoms with E-state index in [1.807, 2.05) is 60.7 Å². The number of rotatable bonds is 4. The molecule has 0 bridgehead atoms. The van der Waals surface area contributed by atoms with Gasteiger partial charge in [-0.05, 0) is 35.9 Å². The number of ether oxygens (including phenoxy) is 1. The minimum atomic E-state index is -0.252. The first kappa shape index (κ1) is 18.8. The normalized spacial score (nSPS) is 15.0. The Morgan fingerprint density at radius 1 is 1.03 bits per heavy atom. The molecule has 144 valence electrons. The second kappa shape index (κ2) is 7.81. The zero-order valence-electron chi connectivity index (χ0n) is 15.5. The summed E-state index contributed by atoms with van der Waals surface area (Å²) in [4.78, 5) is 13.2. The molecule has 1 aliphatic rings. The largest absolute Gasteiger partial charge is 0.503 e. The molecule has 29 heavy (non-hydrogen) atoms. The van der Waals surface area contributed by atoms with Gasteiger partial charge in [-0.1, -0.05) is 60.1 Å². The predicted molar refractivity (Wildman–Crippen MR) is 115 cm³/mol. The molecule has 1 N–H and O–H groups in total. The van der Waals surface area contributed by atoms with Crippen LogP contribution in [0.5, 0.6) is 11.5 Å². The van der Waals surface area contributed by atoms with Crippen LogP contribution in [0.1, 0.15) is 11.1 Å². The van der Waals surface area contributed by atoms with Crippen molar-refractivity contribution in [2.24, 2.45) is 5.10 Å². The van der Waals surface area contributed by atoms with Gasteiger partial charge in [-0.2, -0.15) is 10.1 Å². The summed E-state index contributed by atoms with van der Waals surface area (Å²) in [7, 11) is 1.44. The van der Waals surface area contributed by atoms with Crippen LogP contribution in [0.3, 0.4) is 0 Å². The third kappa shape index (κ3) is 3.60. The number of halogens is 1. The number of anilines is 1. The fourth-order valence-electron chi connectivity index (χ4n) is 3.10. The Hall–Kier alpha value is -3.57. The number of carbonyl (C=O) groups is 1. The topological polar surface area (TPSA) is 62.1 Å². The summed E-state index contributed by atoms with van der Waals surface area (Å²) in [5, 5.41) is 16.1. The fraction of sp³-hybridized carbons (Fsp3) is 0.0435. The van der Waals surface area contributed by atoms with Crippen LogP contribution in [-0.2, 0) is 4.79 Å². The number of phenols is 1. The number of para-hydroxylation sites is 1. The highest BCUT2D eigenvalue weighted by Crippen LogP contribution is 2.36. The molecule has 0 saturated carbocycles. The van der Waals surface area contributed by atoms with Crippen molar-refractivity contribution in [1.82, 2.24) is 0 Å². The number of hydrogen-bond acceptors (Lipinski definition) is 4. The van der Waals surface area contributed by atoms with Gasteiger partial charge in [0.15, 0.2) is 11.5 Å². The van der Waals surface area contributed by atoms with Crippen LogP contribution in [0.15, 0.2) is 83.5 Å². The van der Waals surface area contributed by atoms with Crippen LogP contribution in [0.2, 0.25) is 5.02 Å². The number of carbonyl (C=O) groups excluding carboxylic acids is 1. The maximum absolute atomic E-state index is 13.2. The molecule has 0 aromatic heterocycles. The van der Waals surface area contributed by atoms with Gasteiger partial charge in [0.25, 0.3) is 5.91 Å². The molecule has 3 aromatic rings. The lowest BCUT2D eigenvalue weighted by Gasteiger charge is -2.11. The average molecular weight is 405 g/mol. The van der Waals surface area contributed by atoms with E-state index in [2.05, 4.69) is 5.10 Å². The van der Waals surface area contributed by atoms with Gasteiger partial charge in [0.1, 0.15) is 5.71 Å². The number of hydrazone groups is 1. The Morgan fingerprint density at radius 2 is 1.69 bits per heavy atom. The molecule has 3 aromatic carbocycles. The van der Waals surface area contributed by atoms with E-state index < -0.39 is 0 Å². The first-order chi connectivity index (χ1) is 14.1. The number of benzene rings is 3. The summed E-state index contributed by atoms with van der Waals surface area (Å²) in [6.07, 6.45) is 1.70. The van der Waals surface area contributed by atoms with Crippen molar-refractivity contribution in [3.8, 4) is 11.5 Å². The lowest BCUT2D eigenvalue weighted by molar-refractivity contribution is -0.114. The van der Waals surface area contributed by atoms with Crippen molar-refractivity contribution in [3.63, 3.8) is 0 Å². The summed E-state index contributed by atoms with van der Waals surface area (Å²) in [5.41, 5.74) is 3.09. The van der Waals surface area contributed by atoms with Crippen molar-refractivity contribution >= 4 is 35.0 Å². The maximum Gasteiger partial charge on any atom is 0.281 e. The summed E-state index contributed by atoms with van der Waals surface area (Å²) >= 11 is 6.11. The van der Waals surface area contributed by atoms with E-state index in [-0.39, 0.29) is 22.4 Å². The fourth-order valence-corrected chi connectivity index (χ4v) is 3.32. The molecule has 6 heteroatoms. The van der Waals surface area contributed by atoms with E-state index in [0.29, 0.717) is 22.5 Å². The average Bonchev–Trinajstić information content (AvgIpc) is 3.08. The zero-order valence-corrected chi connectivity index (χ0v) is 16.3. The molecule has 1 amide bonds. The van der Waals surface area contributed by atoms with Crippen LogP contribution in [-0.4, -0.2) is 23.8 Å². The molecule has 0 spiro atoms. The Kier molecular flexibility index (Phi) is 5.06. The number of aromatic hydroxyl groups is 1. The van der Waals surface area contributed by atoms with Gasteiger partial charge >= 0.3 is 0 Å². The number of amides is 1. The van der Waals surface area contributed by atoms with Crippen LogP contribution in [0, 0.1) is 0 Å². The summed E-state index contributed by atoms with van der Waals surface area (Å²) in [5.74, 6) is -0.164. The molecule has 0 radical (unpaired) electrons.